The Balaban J connectivity index is 2.46. The van der Waals surface area contributed by atoms with Crippen molar-refractivity contribution < 1.29 is 13.9 Å². The van der Waals surface area contributed by atoms with Crippen molar-refractivity contribution in [2.45, 2.75) is 33.2 Å². The van der Waals surface area contributed by atoms with E-state index < -0.39 is 11.0 Å². The largest absolute Gasteiger partial charge is 0.469 e. The zero-order valence-corrected chi connectivity index (χ0v) is 13.4. The lowest BCUT2D eigenvalue weighted by Gasteiger charge is -2.40. The molecule has 0 unspecified atom stereocenters. The number of nitrogens with zero attached hydrogens (tertiary/aromatic N) is 2. The SMILES string of the molecule is COC(=O)C(C)(C)C(C)(C)Nc1ncnc2ccc(F)cc12. The van der Waals surface area contributed by atoms with Gasteiger partial charge in [-0.15, -0.1) is 0 Å². The summed E-state index contributed by atoms with van der Waals surface area (Å²) in [5, 5.41) is 3.79. The van der Waals surface area contributed by atoms with Crippen molar-refractivity contribution in [3.8, 4) is 0 Å². The number of fused-ring (bicyclic) bond motifs is 1. The number of carbonyl (C=O) groups is 1. The monoisotopic (exact) mass is 305 g/mol. The highest BCUT2D eigenvalue weighted by molar-refractivity contribution is 5.89. The van der Waals surface area contributed by atoms with Crippen LogP contribution < -0.4 is 5.32 Å². The van der Waals surface area contributed by atoms with Gasteiger partial charge in [0.25, 0.3) is 0 Å². The average Bonchev–Trinajstić information content (AvgIpc) is 2.46. The molecule has 0 saturated heterocycles. The molecule has 0 spiro atoms. The van der Waals surface area contributed by atoms with Crippen LogP contribution in [0.5, 0.6) is 0 Å². The number of carbonyl (C=O) groups excluding carboxylic acids is 1. The summed E-state index contributed by atoms with van der Waals surface area (Å²) in [5.74, 6) is -0.226. The second kappa shape index (κ2) is 5.51. The molecule has 1 aromatic heterocycles. The molecule has 118 valence electrons. The topological polar surface area (TPSA) is 64.1 Å². The minimum absolute atomic E-state index is 0.338. The Kier molecular flexibility index (Phi) is 4.04. The van der Waals surface area contributed by atoms with E-state index in [1.165, 1.54) is 25.6 Å². The first-order valence-corrected chi connectivity index (χ1v) is 6.96. The lowest BCUT2D eigenvalue weighted by atomic mass is 9.74. The third-order valence-electron chi connectivity index (χ3n) is 4.29. The molecule has 6 heteroatoms. The Morgan fingerprint density at radius 1 is 1.23 bits per heavy atom. The van der Waals surface area contributed by atoms with Gasteiger partial charge in [0.05, 0.1) is 18.0 Å². The maximum atomic E-state index is 13.5. The van der Waals surface area contributed by atoms with Crippen LogP contribution in [0.25, 0.3) is 10.9 Å². The van der Waals surface area contributed by atoms with Crippen LogP contribution in [-0.4, -0.2) is 28.6 Å². The van der Waals surface area contributed by atoms with Crippen LogP contribution in [0.2, 0.25) is 0 Å². The second-order valence-corrected chi connectivity index (χ2v) is 6.25. The molecule has 0 atom stereocenters. The van der Waals surface area contributed by atoms with Crippen molar-refractivity contribution in [2.24, 2.45) is 5.41 Å². The van der Waals surface area contributed by atoms with E-state index in [4.69, 9.17) is 4.74 Å². The standard InChI is InChI=1S/C16H20FN3O2/c1-15(2,14(21)22-5)16(3,4)20-13-11-8-10(17)6-7-12(11)18-9-19-13/h6-9H,1-5H3,(H,18,19,20). The molecule has 1 heterocycles. The number of hydrogen-bond donors (Lipinski definition) is 1. The number of rotatable bonds is 4. The van der Waals surface area contributed by atoms with Gasteiger partial charge in [0.2, 0.25) is 0 Å². The molecular weight excluding hydrogens is 285 g/mol. The summed E-state index contributed by atoms with van der Waals surface area (Å²) in [5.41, 5.74) is -0.856. The van der Waals surface area contributed by atoms with Crippen LogP contribution in [0.3, 0.4) is 0 Å². The number of esters is 1. The highest BCUT2D eigenvalue weighted by atomic mass is 19.1. The van der Waals surface area contributed by atoms with Gasteiger partial charge in [-0.05, 0) is 45.9 Å². The van der Waals surface area contributed by atoms with Crippen LogP contribution >= 0.6 is 0 Å². The number of nitrogens with one attached hydrogen (secondary N) is 1. The van der Waals surface area contributed by atoms with Crippen molar-refractivity contribution in [3.63, 3.8) is 0 Å². The number of hydrogen-bond acceptors (Lipinski definition) is 5. The number of ether oxygens (including phenoxy) is 1. The molecule has 2 rings (SSSR count). The fourth-order valence-electron chi connectivity index (χ4n) is 2.09. The molecule has 0 aliphatic heterocycles. The molecule has 0 aliphatic carbocycles. The van der Waals surface area contributed by atoms with E-state index >= 15 is 0 Å². The average molecular weight is 305 g/mol. The molecule has 0 radical (unpaired) electrons. The van der Waals surface area contributed by atoms with Crippen molar-refractivity contribution in [3.05, 3.63) is 30.3 Å². The number of methoxy groups -OCH3 is 1. The summed E-state index contributed by atoms with van der Waals surface area (Å²) in [6.07, 6.45) is 1.41. The van der Waals surface area contributed by atoms with E-state index in [-0.39, 0.29) is 11.8 Å². The third kappa shape index (κ3) is 2.73. The zero-order chi connectivity index (χ0) is 16.5. The van der Waals surface area contributed by atoms with E-state index in [9.17, 15) is 9.18 Å². The fraction of sp³-hybridized carbons (Fsp3) is 0.438. The highest BCUT2D eigenvalue weighted by Crippen LogP contribution is 2.35. The van der Waals surface area contributed by atoms with Gasteiger partial charge in [-0.25, -0.2) is 14.4 Å². The Hall–Kier alpha value is -2.24. The predicted octanol–water partition coefficient (Wildman–Crippen LogP) is 3.16. The van der Waals surface area contributed by atoms with Crippen LogP contribution in [0, 0.1) is 11.2 Å². The number of anilines is 1. The zero-order valence-electron chi connectivity index (χ0n) is 13.4. The maximum absolute atomic E-state index is 13.5. The molecule has 2 aromatic rings. The smallest absolute Gasteiger partial charge is 0.313 e. The molecule has 0 saturated carbocycles. The molecule has 0 fully saturated rings. The summed E-state index contributed by atoms with van der Waals surface area (Å²) in [6, 6.07) is 4.32. The van der Waals surface area contributed by atoms with E-state index in [0.717, 1.165) is 0 Å². The minimum Gasteiger partial charge on any atom is -0.469 e. The van der Waals surface area contributed by atoms with E-state index in [2.05, 4.69) is 15.3 Å². The third-order valence-corrected chi connectivity index (χ3v) is 4.29. The van der Waals surface area contributed by atoms with E-state index in [0.29, 0.717) is 16.7 Å². The first-order valence-electron chi connectivity index (χ1n) is 6.96. The molecule has 22 heavy (non-hydrogen) atoms. The first kappa shape index (κ1) is 16.1. The van der Waals surface area contributed by atoms with Gasteiger partial charge in [0.1, 0.15) is 18.0 Å². The summed E-state index contributed by atoms with van der Waals surface area (Å²) < 4.78 is 18.4. The van der Waals surface area contributed by atoms with Crippen LogP contribution in [0.1, 0.15) is 27.7 Å². The molecule has 5 nitrogen and oxygen atoms in total. The predicted molar refractivity (Wildman–Crippen MR) is 83.0 cm³/mol. The summed E-state index contributed by atoms with van der Waals surface area (Å²) in [4.78, 5) is 20.3. The van der Waals surface area contributed by atoms with Crippen molar-refractivity contribution in [2.75, 3.05) is 12.4 Å². The molecule has 1 N–H and O–H groups in total. The van der Waals surface area contributed by atoms with Gasteiger partial charge < -0.3 is 10.1 Å². The van der Waals surface area contributed by atoms with Gasteiger partial charge >= 0.3 is 5.97 Å². The minimum atomic E-state index is -0.813. The molecule has 0 bridgehead atoms. The number of aromatic nitrogens is 2. The van der Waals surface area contributed by atoms with Crippen molar-refractivity contribution in [1.29, 1.82) is 0 Å². The number of halogens is 1. The van der Waals surface area contributed by atoms with Crippen molar-refractivity contribution in [1.82, 2.24) is 9.97 Å². The maximum Gasteiger partial charge on any atom is 0.313 e. The first-order chi connectivity index (χ1) is 10.2. The van der Waals surface area contributed by atoms with Gasteiger partial charge in [-0.1, -0.05) is 0 Å². The normalized spacial score (nSPS) is 12.3. The van der Waals surface area contributed by atoms with Gasteiger partial charge in [-0.3, -0.25) is 4.79 Å². The van der Waals surface area contributed by atoms with Crippen LogP contribution in [0.15, 0.2) is 24.5 Å². The summed E-state index contributed by atoms with van der Waals surface area (Å²) in [6.45, 7) is 7.32. The lowest BCUT2D eigenvalue weighted by Crippen LogP contribution is -2.51. The Bertz CT molecular complexity index is 714. The Morgan fingerprint density at radius 2 is 1.91 bits per heavy atom. The molecule has 0 aliphatic rings. The van der Waals surface area contributed by atoms with E-state index in [1.807, 2.05) is 13.8 Å². The highest BCUT2D eigenvalue weighted by Gasteiger charge is 2.44. The Labute approximate surface area is 128 Å². The van der Waals surface area contributed by atoms with Gasteiger partial charge in [0.15, 0.2) is 0 Å². The number of benzene rings is 1. The fourth-order valence-corrected chi connectivity index (χ4v) is 2.09. The molecular formula is C16H20FN3O2. The van der Waals surface area contributed by atoms with Crippen molar-refractivity contribution >= 4 is 22.7 Å². The van der Waals surface area contributed by atoms with Gasteiger partial charge in [0, 0.05) is 10.9 Å². The van der Waals surface area contributed by atoms with E-state index in [1.54, 1.807) is 19.9 Å². The molecule has 0 amide bonds. The summed E-state index contributed by atoms with van der Waals surface area (Å²) >= 11 is 0. The van der Waals surface area contributed by atoms with Crippen LogP contribution in [0.4, 0.5) is 10.2 Å². The summed E-state index contributed by atoms with van der Waals surface area (Å²) in [7, 11) is 1.36. The van der Waals surface area contributed by atoms with Crippen LogP contribution in [-0.2, 0) is 9.53 Å². The van der Waals surface area contributed by atoms with Gasteiger partial charge in [-0.2, -0.15) is 0 Å². The quantitative estimate of drug-likeness (QED) is 0.879. The lowest BCUT2D eigenvalue weighted by molar-refractivity contribution is -0.153. The molecule has 1 aromatic carbocycles. The Morgan fingerprint density at radius 3 is 2.55 bits per heavy atom. The second-order valence-electron chi connectivity index (χ2n) is 6.25.